The number of alkyl halides is 3. The molecule has 1 N–H and O–H groups in total. The molecule has 2 aromatic rings. The Morgan fingerprint density at radius 3 is 2.78 bits per heavy atom. The van der Waals surface area contributed by atoms with Gasteiger partial charge in [-0.05, 0) is 6.07 Å². The van der Waals surface area contributed by atoms with Gasteiger partial charge in [-0.25, -0.2) is 4.98 Å². The van der Waals surface area contributed by atoms with Crippen LogP contribution in [0.1, 0.15) is 22.6 Å². The molecule has 1 aromatic heterocycles. The molecule has 0 radical (unpaired) electrons. The van der Waals surface area contributed by atoms with E-state index in [1.165, 1.54) is 19.2 Å². The molecule has 0 saturated heterocycles. The maximum Gasteiger partial charge on any atom is 0.449 e. The molecule has 0 amide bonds. The number of methoxy groups -OCH3 is 1. The lowest BCUT2D eigenvalue weighted by molar-refractivity contribution is -0.384. The van der Waals surface area contributed by atoms with Crippen LogP contribution in [-0.2, 0) is 25.7 Å². The highest BCUT2D eigenvalue weighted by Gasteiger charge is 2.36. The Labute approximate surface area is 150 Å². The Morgan fingerprint density at radius 2 is 2.15 bits per heavy atom. The van der Waals surface area contributed by atoms with E-state index in [0.29, 0.717) is 24.4 Å². The monoisotopic (exact) mass is 384 g/mol. The van der Waals surface area contributed by atoms with Gasteiger partial charge in [0.05, 0.1) is 29.4 Å². The van der Waals surface area contributed by atoms with Gasteiger partial charge in [0.2, 0.25) is 5.82 Å². The van der Waals surface area contributed by atoms with E-state index >= 15 is 0 Å². The number of aromatic amines is 1. The Bertz CT molecular complexity index is 942. The first-order valence-corrected chi connectivity index (χ1v) is 7.92. The molecule has 0 fully saturated rings. The maximum atomic E-state index is 12.8. The number of nitrogens with one attached hydrogen (secondary N) is 1. The van der Waals surface area contributed by atoms with Crippen molar-refractivity contribution in [1.82, 2.24) is 14.9 Å². The fourth-order valence-electron chi connectivity index (χ4n) is 2.97. The Hall–Kier alpha value is -2.95. The minimum Gasteiger partial charge on any atom is -0.496 e. The molecule has 0 spiro atoms. The average molecular weight is 384 g/mol. The summed E-state index contributed by atoms with van der Waals surface area (Å²) in [4.78, 5) is 29.5. The van der Waals surface area contributed by atoms with Gasteiger partial charge in [-0.1, -0.05) is 0 Å². The van der Waals surface area contributed by atoms with Crippen LogP contribution in [0.25, 0.3) is 0 Å². The number of non-ortho nitro benzene ring substituents is 1. The van der Waals surface area contributed by atoms with Crippen LogP contribution in [0.3, 0.4) is 0 Å². The topological polar surface area (TPSA) is 101 Å². The number of aromatic nitrogens is 2. The second-order valence-electron chi connectivity index (χ2n) is 6.05. The van der Waals surface area contributed by atoms with Crippen molar-refractivity contribution in [3.8, 4) is 5.75 Å². The Morgan fingerprint density at radius 1 is 1.41 bits per heavy atom. The maximum absolute atomic E-state index is 12.8. The van der Waals surface area contributed by atoms with E-state index in [2.05, 4.69) is 4.98 Å². The molecule has 27 heavy (non-hydrogen) atoms. The number of nitrogens with zero attached hydrogens (tertiary/aromatic N) is 3. The number of halogens is 3. The van der Waals surface area contributed by atoms with Crippen molar-refractivity contribution in [2.24, 2.45) is 0 Å². The largest absolute Gasteiger partial charge is 0.496 e. The lowest BCUT2D eigenvalue weighted by Crippen LogP contribution is -2.36. The van der Waals surface area contributed by atoms with E-state index in [9.17, 15) is 28.1 Å². The molecule has 0 atom stereocenters. The van der Waals surface area contributed by atoms with Crippen LogP contribution in [0.15, 0.2) is 23.0 Å². The fourth-order valence-corrected chi connectivity index (χ4v) is 2.97. The quantitative estimate of drug-likeness (QED) is 0.641. The highest BCUT2D eigenvalue weighted by Crippen LogP contribution is 2.29. The number of nitro groups is 1. The van der Waals surface area contributed by atoms with Gasteiger partial charge < -0.3 is 9.72 Å². The minimum atomic E-state index is -4.71. The highest BCUT2D eigenvalue weighted by molar-refractivity contribution is 5.44. The normalized spacial score (nSPS) is 14.7. The van der Waals surface area contributed by atoms with Crippen LogP contribution >= 0.6 is 0 Å². The SMILES string of the molecule is COc1cc([N+](=O)[O-])ccc1CN1CCc2nc(C(F)(F)F)[nH]c(=O)c2C1. The molecule has 11 heteroatoms. The Balaban J connectivity index is 1.83. The zero-order chi connectivity index (χ0) is 19.8. The standard InChI is InChI=1S/C16H15F3N4O4/c1-27-13-6-10(23(25)26)3-2-9(13)7-22-5-4-12-11(8-22)14(24)21-15(20-12)16(17,18)19/h2-3,6H,4-5,7-8H2,1H3,(H,20,21,24). The lowest BCUT2D eigenvalue weighted by atomic mass is 10.1. The van der Waals surface area contributed by atoms with Gasteiger partial charge in [0.15, 0.2) is 0 Å². The molecule has 0 unspecified atom stereocenters. The number of H-pyrrole nitrogens is 1. The predicted octanol–water partition coefficient (Wildman–Crippen LogP) is 2.26. The minimum absolute atomic E-state index is 0.111. The van der Waals surface area contributed by atoms with Crippen molar-refractivity contribution < 1.29 is 22.8 Å². The molecule has 0 aliphatic carbocycles. The fraction of sp³-hybridized carbons (Fsp3) is 0.375. The average Bonchev–Trinajstić information content (AvgIpc) is 2.61. The molecular formula is C16H15F3N4O4. The number of rotatable bonds is 4. The summed E-state index contributed by atoms with van der Waals surface area (Å²) in [7, 11) is 1.39. The number of fused-ring (bicyclic) bond motifs is 1. The van der Waals surface area contributed by atoms with Crippen molar-refractivity contribution in [3.05, 3.63) is 61.3 Å². The van der Waals surface area contributed by atoms with E-state index in [4.69, 9.17) is 4.74 Å². The number of ether oxygens (including phenoxy) is 1. The predicted molar refractivity (Wildman–Crippen MR) is 87.3 cm³/mol. The van der Waals surface area contributed by atoms with Crippen molar-refractivity contribution >= 4 is 5.69 Å². The molecule has 1 aliphatic rings. The molecule has 144 valence electrons. The summed E-state index contributed by atoms with van der Waals surface area (Å²) >= 11 is 0. The molecule has 1 aliphatic heterocycles. The molecular weight excluding hydrogens is 369 g/mol. The second kappa shape index (κ2) is 6.99. The van der Waals surface area contributed by atoms with Gasteiger partial charge >= 0.3 is 6.18 Å². The molecule has 2 heterocycles. The van der Waals surface area contributed by atoms with Crippen LogP contribution in [0.2, 0.25) is 0 Å². The summed E-state index contributed by atoms with van der Waals surface area (Å²) in [5.41, 5.74) is 0.0728. The first-order chi connectivity index (χ1) is 12.7. The van der Waals surface area contributed by atoms with Crippen LogP contribution in [0, 0.1) is 10.1 Å². The summed E-state index contributed by atoms with van der Waals surface area (Å²) in [5, 5.41) is 10.9. The summed E-state index contributed by atoms with van der Waals surface area (Å²) in [5.74, 6) is -0.966. The van der Waals surface area contributed by atoms with Crippen molar-refractivity contribution in [1.29, 1.82) is 0 Å². The third-order valence-electron chi connectivity index (χ3n) is 4.29. The molecule has 0 bridgehead atoms. The number of hydrogen-bond donors (Lipinski definition) is 1. The van der Waals surface area contributed by atoms with Crippen molar-refractivity contribution in [2.45, 2.75) is 25.7 Å². The molecule has 0 saturated carbocycles. The third-order valence-corrected chi connectivity index (χ3v) is 4.29. The Kier molecular flexibility index (Phi) is 4.87. The van der Waals surface area contributed by atoms with Gasteiger partial charge in [-0.3, -0.25) is 19.8 Å². The van der Waals surface area contributed by atoms with E-state index < -0.39 is 22.5 Å². The number of nitro benzene ring substituents is 1. The van der Waals surface area contributed by atoms with Crippen LogP contribution in [0.5, 0.6) is 5.75 Å². The summed E-state index contributed by atoms with van der Waals surface area (Å²) < 4.78 is 43.5. The van der Waals surface area contributed by atoms with E-state index in [0.717, 1.165) is 0 Å². The van der Waals surface area contributed by atoms with Gasteiger partial charge in [-0.2, -0.15) is 13.2 Å². The van der Waals surface area contributed by atoms with Gasteiger partial charge in [0.1, 0.15) is 5.75 Å². The first-order valence-electron chi connectivity index (χ1n) is 7.92. The van der Waals surface area contributed by atoms with Crippen LogP contribution in [0.4, 0.5) is 18.9 Å². The van der Waals surface area contributed by atoms with Crippen molar-refractivity contribution in [3.63, 3.8) is 0 Å². The number of hydrogen-bond acceptors (Lipinski definition) is 6. The molecule has 8 nitrogen and oxygen atoms in total. The summed E-state index contributed by atoms with van der Waals surface area (Å²) in [6.45, 7) is 0.831. The van der Waals surface area contributed by atoms with Crippen LogP contribution in [-0.4, -0.2) is 33.4 Å². The van der Waals surface area contributed by atoms with E-state index in [1.807, 2.05) is 4.90 Å². The van der Waals surface area contributed by atoms with Crippen molar-refractivity contribution in [2.75, 3.05) is 13.7 Å². The molecule has 1 aromatic carbocycles. The highest BCUT2D eigenvalue weighted by atomic mass is 19.4. The lowest BCUT2D eigenvalue weighted by Gasteiger charge is -2.28. The van der Waals surface area contributed by atoms with Crippen LogP contribution < -0.4 is 10.3 Å². The first kappa shape index (κ1) is 18.8. The zero-order valence-electron chi connectivity index (χ0n) is 14.2. The van der Waals surface area contributed by atoms with Gasteiger partial charge in [0, 0.05) is 37.7 Å². The number of benzene rings is 1. The van der Waals surface area contributed by atoms with Gasteiger partial charge in [-0.15, -0.1) is 0 Å². The van der Waals surface area contributed by atoms with Gasteiger partial charge in [0.25, 0.3) is 11.2 Å². The smallest absolute Gasteiger partial charge is 0.449 e. The zero-order valence-corrected chi connectivity index (χ0v) is 14.2. The second-order valence-corrected chi connectivity index (χ2v) is 6.05. The third kappa shape index (κ3) is 3.92. The summed E-state index contributed by atoms with van der Waals surface area (Å²) in [6, 6.07) is 4.21. The summed E-state index contributed by atoms with van der Waals surface area (Å²) in [6.07, 6.45) is -4.52. The molecule has 3 rings (SSSR count). The van der Waals surface area contributed by atoms with E-state index in [-0.39, 0.29) is 29.9 Å². The van der Waals surface area contributed by atoms with E-state index in [1.54, 1.807) is 11.1 Å².